The van der Waals surface area contributed by atoms with Crippen molar-refractivity contribution in [2.24, 2.45) is 0 Å². The average Bonchev–Trinajstić information content (AvgIpc) is 3.73. The average molecular weight is 796 g/mol. The lowest BCUT2D eigenvalue weighted by Gasteiger charge is -2.36. The quantitative estimate of drug-likeness (QED) is 0.162. The van der Waals surface area contributed by atoms with Crippen molar-refractivity contribution < 1.29 is 0 Å². The predicted octanol–water partition coefficient (Wildman–Crippen LogP) is 16.8. The summed E-state index contributed by atoms with van der Waals surface area (Å²) >= 11 is 0. The Morgan fingerprint density at radius 2 is 0.839 bits per heavy atom. The van der Waals surface area contributed by atoms with Gasteiger partial charge in [0.05, 0.1) is 0 Å². The summed E-state index contributed by atoms with van der Waals surface area (Å²) in [5.74, 6) is 0. The Morgan fingerprint density at radius 3 is 1.52 bits per heavy atom. The lowest BCUT2D eigenvalue weighted by Crippen LogP contribution is -2.28. The highest BCUT2D eigenvalue weighted by molar-refractivity contribution is 6.06. The van der Waals surface area contributed by atoms with Crippen molar-refractivity contribution in [3.63, 3.8) is 0 Å². The molecule has 0 saturated heterocycles. The van der Waals surface area contributed by atoms with E-state index >= 15 is 0 Å². The van der Waals surface area contributed by atoms with Gasteiger partial charge in [-0.2, -0.15) is 0 Å². The predicted molar refractivity (Wildman–Crippen MR) is 262 cm³/mol. The van der Waals surface area contributed by atoms with Gasteiger partial charge in [-0.1, -0.05) is 197 Å². The van der Waals surface area contributed by atoms with Crippen molar-refractivity contribution in [2.75, 3.05) is 4.90 Å². The molecule has 9 aromatic carbocycles. The SMILES string of the molecule is CC1(C)c2ccccc2-c2cccc(-c3ccc(N(c4ccc(-c5cccc6cccc(-c7ccccc7)c56)cc4)c4ccc5c(c4)C4(CCCCC4)c4ccccc4-5)cc3)c21. The molecule has 0 amide bonds. The molecule has 9 aromatic rings. The van der Waals surface area contributed by atoms with Crippen molar-refractivity contribution in [1.29, 1.82) is 0 Å². The van der Waals surface area contributed by atoms with Crippen LogP contribution in [-0.2, 0) is 10.8 Å². The van der Waals surface area contributed by atoms with E-state index in [4.69, 9.17) is 0 Å². The Labute approximate surface area is 366 Å². The van der Waals surface area contributed by atoms with Crippen molar-refractivity contribution in [2.45, 2.75) is 56.8 Å². The summed E-state index contributed by atoms with van der Waals surface area (Å²) < 4.78 is 0. The van der Waals surface area contributed by atoms with Crippen LogP contribution < -0.4 is 4.90 Å². The summed E-state index contributed by atoms with van der Waals surface area (Å²) in [5.41, 5.74) is 22.4. The maximum atomic E-state index is 2.54. The highest BCUT2D eigenvalue weighted by Crippen LogP contribution is 2.57. The summed E-state index contributed by atoms with van der Waals surface area (Å²) in [7, 11) is 0. The first-order valence-electron chi connectivity index (χ1n) is 22.6. The second-order valence-electron chi connectivity index (χ2n) is 18.3. The molecule has 1 heteroatoms. The largest absolute Gasteiger partial charge is 0.310 e. The van der Waals surface area contributed by atoms with E-state index in [-0.39, 0.29) is 10.8 Å². The van der Waals surface area contributed by atoms with Gasteiger partial charge in [-0.05, 0) is 138 Å². The minimum atomic E-state index is -0.0853. The first-order valence-corrected chi connectivity index (χ1v) is 22.6. The van der Waals surface area contributed by atoms with Crippen LogP contribution in [0.4, 0.5) is 17.1 Å². The number of fused-ring (bicyclic) bond motifs is 9. The van der Waals surface area contributed by atoms with Crippen molar-refractivity contribution in [3.8, 4) is 55.6 Å². The van der Waals surface area contributed by atoms with E-state index in [1.807, 2.05) is 0 Å². The second kappa shape index (κ2) is 14.3. The van der Waals surface area contributed by atoms with Gasteiger partial charge in [-0.25, -0.2) is 0 Å². The first kappa shape index (κ1) is 36.9. The van der Waals surface area contributed by atoms with E-state index in [2.05, 4.69) is 219 Å². The lowest BCUT2D eigenvalue weighted by atomic mass is 9.68. The number of hydrogen-bond acceptors (Lipinski definition) is 1. The van der Waals surface area contributed by atoms with Crippen LogP contribution in [-0.4, -0.2) is 0 Å². The molecule has 298 valence electrons. The number of nitrogens with zero attached hydrogens (tertiary/aromatic N) is 1. The number of rotatable bonds is 6. The third-order valence-corrected chi connectivity index (χ3v) is 14.7. The fourth-order valence-electron chi connectivity index (χ4n) is 11.8. The van der Waals surface area contributed by atoms with Crippen molar-refractivity contribution in [3.05, 3.63) is 222 Å². The van der Waals surface area contributed by atoms with Gasteiger partial charge in [0.2, 0.25) is 0 Å². The zero-order chi connectivity index (χ0) is 41.4. The van der Waals surface area contributed by atoms with Crippen molar-refractivity contribution >= 4 is 27.8 Å². The molecule has 0 unspecified atom stereocenters. The van der Waals surface area contributed by atoms with E-state index in [0.717, 1.165) is 11.4 Å². The first-order chi connectivity index (χ1) is 30.5. The van der Waals surface area contributed by atoms with Crippen LogP contribution in [0.25, 0.3) is 66.4 Å². The summed E-state index contributed by atoms with van der Waals surface area (Å²) in [6, 6.07) is 75.2. The summed E-state index contributed by atoms with van der Waals surface area (Å²) in [6.45, 7) is 4.76. The molecular weight excluding hydrogens is 747 g/mol. The molecule has 1 nitrogen and oxygen atoms in total. The molecule has 0 radical (unpaired) electrons. The minimum absolute atomic E-state index is 0.0719. The number of anilines is 3. The van der Waals surface area contributed by atoms with Gasteiger partial charge >= 0.3 is 0 Å². The van der Waals surface area contributed by atoms with Crippen LogP contribution in [0, 0.1) is 0 Å². The van der Waals surface area contributed by atoms with Crippen LogP contribution in [0.15, 0.2) is 200 Å². The number of hydrogen-bond donors (Lipinski definition) is 0. The van der Waals surface area contributed by atoms with Crippen LogP contribution in [0.3, 0.4) is 0 Å². The van der Waals surface area contributed by atoms with Gasteiger partial charge in [-0.15, -0.1) is 0 Å². The Bertz CT molecular complexity index is 3160. The molecule has 62 heavy (non-hydrogen) atoms. The smallest absolute Gasteiger partial charge is 0.0465 e. The molecule has 12 rings (SSSR count). The molecule has 1 saturated carbocycles. The molecule has 0 aromatic heterocycles. The van der Waals surface area contributed by atoms with E-state index in [1.54, 1.807) is 0 Å². The third-order valence-electron chi connectivity index (χ3n) is 14.7. The van der Waals surface area contributed by atoms with Crippen LogP contribution in [0.2, 0.25) is 0 Å². The summed E-state index contributed by atoms with van der Waals surface area (Å²) in [6.07, 6.45) is 6.29. The van der Waals surface area contributed by atoms with Crippen LogP contribution in [0.1, 0.15) is 68.2 Å². The van der Waals surface area contributed by atoms with E-state index in [9.17, 15) is 0 Å². The van der Waals surface area contributed by atoms with E-state index in [0.29, 0.717) is 0 Å². The normalized spacial score (nSPS) is 15.2. The molecular formula is C61H49N. The Kier molecular flexibility index (Phi) is 8.51. The highest BCUT2D eigenvalue weighted by Gasteiger charge is 2.44. The molecule has 0 heterocycles. The molecule has 1 spiro atoms. The van der Waals surface area contributed by atoms with Gasteiger partial charge in [-0.3, -0.25) is 0 Å². The fraction of sp³-hybridized carbons (Fsp3) is 0.148. The van der Waals surface area contributed by atoms with Crippen molar-refractivity contribution in [1.82, 2.24) is 0 Å². The molecule has 3 aliphatic carbocycles. The zero-order valence-electron chi connectivity index (χ0n) is 35.5. The summed E-state index contributed by atoms with van der Waals surface area (Å²) in [4.78, 5) is 2.49. The van der Waals surface area contributed by atoms with E-state index < -0.39 is 0 Å². The van der Waals surface area contributed by atoms with Gasteiger partial charge < -0.3 is 4.90 Å². The third kappa shape index (κ3) is 5.61. The molecule has 0 bridgehead atoms. The molecule has 1 fully saturated rings. The highest BCUT2D eigenvalue weighted by atomic mass is 15.1. The Balaban J connectivity index is 0.992. The van der Waals surface area contributed by atoms with Crippen LogP contribution >= 0.6 is 0 Å². The Hall–Kier alpha value is -6.96. The monoisotopic (exact) mass is 795 g/mol. The number of benzene rings is 9. The van der Waals surface area contributed by atoms with Gasteiger partial charge in [0, 0.05) is 27.9 Å². The summed E-state index contributed by atoms with van der Waals surface area (Å²) in [5, 5.41) is 2.54. The molecule has 0 aliphatic heterocycles. The standard InChI is InChI=1S/C61H49N/c1-60(2)55-26-9-7-21-52(55)54-25-15-24-50(59(54)60)43-30-34-46(35-31-43)62(47-36-37-53-51-20-8-10-27-56(51)61(57(53)40-47)38-11-4-12-39-61)45-32-28-42(29-33-45)49-23-14-19-44-18-13-22-48(58(44)49)41-16-5-3-6-17-41/h3,5-10,13-37,40H,4,11-12,38-39H2,1-2H3. The van der Waals surface area contributed by atoms with Gasteiger partial charge in [0.15, 0.2) is 0 Å². The lowest BCUT2D eigenvalue weighted by molar-refractivity contribution is 0.353. The minimum Gasteiger partial charge on any atom is -0.310 e. The van der Waals surface area contributed by atoms with E-state index in [1.165, 1.54) is 126 Å². The fourth-order valence-corrected chi connectivity index (χ4v) is 11.8. The Morgan fingerprint density at radius 1 is 0.355 bits per heavy atom. The second-order valence-corrected chi connectivity index (χ2v) is 18.3. The molecule has 0 N–H and O–H groups in total. The maximum Gasteiger partial charge on any atom is 0.0465 e. The maximum absolute atomic E-state index is 2.54. The van der Waals surface area contributed by atoms with Gasteiger partial charge in [0.1, 0.15) is 0 Å². The molecule has 0 atom stereocenters. The van der Waals surface area contributed by atoms with Gasteiger partial charge in [0.25, 0.3) is 0 Å². The topological polar surface area (TPSA) is 3.24 Å². The zero-order valence-corrected chi connectivity index (χ0v) is 35.5. The molecule has 3 aliphatic rings. The van der Waals surface area contributed by atoms with Crippen LogP contribution in [0.5, 0.6) is 0 Å².